The van der Waals surface area contributed by atoms with E-state index >= 15 is 0 Å². The molecule has 2 N–H and O–H groups in total. The third-order valence-electron chi connectivity index (χ3n) is 4.77. The van der Waals surface area contributed by atoms with E-state index < -0.39 is 5.97 Å². The first-order valence-electron chi connectivity index (χ1n) is 7.85. The molecule has 2 atom stereocenters. The van der Waals surface area contributed by atoms with Crippen LogP contribution in [-0.4, -0.2) is 53.7 Å². The van der Waals surface area contributed by atoms with Gasteiger partial charge < -0.3 is 15.1 Å². The van der Waals surface area contributed by atoms with Gasteiger partial charge >= 0.3 is 5.97 Å². The minimum Gasteiger partial charge on any atom is -0.508 e. The van der Waals surface area contributed by atoms with Gasteiger partial charge in [0.1, 0.15) is 5.75 Å². The molecule has 0 amide bonds. The second-order valence-corrected chi connectivity index (χ2v) is 6.62. The maximum absolute atomic E-state index is 10.00. The second kappa shape index (κ2) is 6.65. The molecular weight excluding hydrogens is 308 g/mol. The normalized spacial score (nSPS) is 25.2. The smallest absolute Gasteiger partial charge is 0.328 e. The van der Waals surface area contributed by atoms with Crippen molar-refractivity contribution in [2.24, 2.45) is 0 Å². The summed E-state index contributed by atoms with van der Waals surface area (Å²) >= 11 is 0. The molecule has 24 heavy (non-hydrogen) atoms. The number of ketones is 1. The van der Waals surface area contributed by atoms with Gasteiger partial charge in [-0.3, -0.25) is 9.69 Å². The number of carbonyl (C=O) groups excluding carboxylic acids is 1. The van der Waals surface area contributed by atoms with Crippen LogP contribution in [0.5, 0.6) is 5.75 Å². The molecule has 6 nitrogen and oxygen atoms in total. The van der Waals surface area contributed by atoms with E-state index in [1.54, 1.807) is 6.07 Å². The summed E-state index contributed by atoms with van der Waals surface area (Å²) in [5, 5.41) is 17.6. The minimum absolute atomic E-state index is 0.164. The fourth-order valence-corrected chi connectivity index (χ4v) is 3.75. The summed E-state index contributed by atoms with van der Waals surface area (Å²) in [6, 6.07) is 5.74. The third kappa shape index (κ3) is 3.28. The number of fused-ring (bicyclic) bond motifs is 3. The molecule has 0 bridgehead atoms. The fourth-order valence-electron chi connectivity index (χ4n) is 3.75. The van der Waals surface area contributed by atoms with Crippen LogP contribution in [0.25, 0.3) is 0 Å². The first-order chi connectivity index (χ1) is 11.2. The van der Waals surface area contributed by atoms with E-state index in [-0.39, 0.29) is 11.2 Å². The monoisotopic (exact) mass is 332 g/mol. The molecule has 0 spiro atoms. The highest BCUT2D eigenvalue weighted by Gasteiger charge is 2.52. The Morgan fingerprint density at radius 3 is 2.50 bits per heavy atom. The number of carboxylic acids is 1. The number of aromatic hydroxyl groups is 1. The molecule has 2 aliphatic rings. The lowest BCUT2D eigenvalue weighted by Crippen LogP contribution is -2.45. The Kier molecular flexibility index (Phi) is 4.99. The van der Waals surface area contributed by atoms with E-state index in [9.17, 15) is 14.7 Å². The summed E-state index contributed by atoms with van der Waals surface area (Å²) in [6.45, 7) is 4.73. The molecule has 2 heterocycles. The highest BCUT2D eigenvalue weighted by atomic mass is 16.4. The fraction of sp³-hybridized carbons (Fsp3) is 0.444. The van der Waals surface area contributed by atoms with Gasteiger partial charge in [0.05, 0.1) is 6.17 Å². The lowest BCUT2D eigenvalue weighted by molar-refractivity contribution is -0.131. The zero-order chi connectivity index (χ0) is 18.1. The van der Waals surface area contributed by atoms with Crippen LogP contribution in [0.1, 0.15) is 25.8 Å². The van der Waals surface area contributed by atoms with Crippen molar-refractivity contribution in [2.45, 2.75) is 31.8 Å². The van der Waals surface area contributed by atoms with Crippen molar-refractivity contribution >= 4 is 17.4 Å². The number of phenols is 1. The summed E-state index contributed by atoms with van der Waals surface area (Å²) in [6.07, 6.45) is 3.41. The van der Waals surface area contributed by atoms with E-state index in [4.69, 9.17) is 5.11 Å². The summed E-state index contributed by atoms with van der Waals surface area (Å²) in [7, 11) is 4.33. The molecule has 1 saturated heterocycles. The van der Waals surface area contributed by atoms with Gasteiger partial charge in [-0.15, -0.1) is 0 Å². The average molecular weight is 332 g/mol. The number of benzene rings is 1. The summed E-state index contributed by atoms with van der Waals surface area (Å²) < 4.78 is 0. The van der Waals surface area contributed by atoms with Gasteiger partial charge in [0.15, 0.2) is 5.78 Å². The quantitative estimate of drug-likeness (QED) is 0.806. The van der Waals surface area contributed by atoms with Crippen LogP contribution in [0.3, 0.4) is 0 Å². The second-order valence-electron chi connectivity index (χ2n) is 6.62. The van der Waals surface area contributed by atoms with Crippen LogP contribution in [0.4, 0.5) is 5.69 Å². The Morgan fingerprint density at radius 1 is 1.29 bits per heavy atom. The number of aliphatic carboxylic acids is 1. The first-order valence-corrected chi connectivity index (χ1v) is 7.85. The van der Waals surface area contributed by atoms with Crippen molar-refractivity contribution in [1.29, 1.82) is 0 Å². The maximum Gasteiger partial charge on any atom is 0.328 e. The number of anilines is 1. The van der Waals surface area contributed by atoms with Crippen molar-refractivity contribution in [2.75, 3.05) is 25.5 Å². The van der Waals surface area contributed by atoms with E-state index in [1.807, 2.05) is 12.1 Å². The lowest BCUT2D eigenvalue weighted by atomic mass is 9.81. The molecule has 1 fully saturated rings. The number of carboxylic acid groups (broad SMARTS) is 1. The molecule has 0 radical (unpaired) electrons. The molecule has 1 aromatic carbocycles. The predicted octanol–water partition coefficient (Wildman–Crippen LogP) is 1.98. The Bertz CT molecular complexity index is 670. The summed E-state index contributed by atoms with van der Waals surface area (Å²) in [4.78, 5) is 24.4. The third-order valence-corrected chi connectivity index (χ3v) is 4.77. The highest BCUT2D eigenvalue weighted by Crippen LogP contribution is 2.51. The standard InChI is InChI=1S/C13H18N2O.C5H6O3/c1-13-6-7-14(2)12(13)15(3)11-5-4-9(16)8-10(11)13;1-4(6)2-3-5(7)8/h4-5,8,12,16H,6-7H2,1-3H3;2-3H,1H3,(H,7,8)/b;3-2+/t12-,13+;/m0./s1. The lowest BCUT2D eigenvalue weighted by Gasteiger charge is -2.32. The molecule has 3 rings (SSSR count). The number of carbonyl (C=O) groups is 2. The number of likely N-dealkylation sites (N-methyl/N-ethyl adjacent to an activating group) is 2. The van der Waals surface area contributed by atoms with Crippen molar-refractivity contribution in [3.63, 3.8) is 0 Å². The Hall–Kier alpha value is -2.34. The largest absolute Gasteiger partial charge is 0.508 e. The van der Waals surface area contributed by atoms with Crippen LogP contribution in [0.15, 0.2) is 30.4 Å². The minimum atomic E-state index is -1.10. The van der Waals surface area contributed by atoms with Crippen molar-refractivity contribution < 1.29 is 19.8 Å². The molecule has 130 valence electrons. The number of hydrogen-bond acceptors (Lipinski definition) is 5. The van der Waals surface area contributed by atoms with Crippen LogP contribution < -0.4 is 4.90 Å². The Labute approximate surface area is 142 Å². The van der Waals surface area contributed by atoms with Crippen LogP contribution in [0.2, 0.25) is 0 Å². The van der Waals surface area contributed by atoms with Crippen molar-refractivity contribution in [3.05, 3.63) is 35.9 Å². The highest BCUT2D eigenvalue weighted by molar-refractivity contribution is 5.93. The molecule has 1 aromatic rings. The number of likely N-dealkylation sites (tertiary alicyclic amines) is 1. The van der Waals surface area contributed by atoms with Crippen molar-refractivity contribution in [3.8, 4) is 5.75 Å². The zero-order valence-corrected chi connectivity index (χ0v) is 14.5. The van der Waals surface area contributed by atoms with E-state index in [0.29, 0.717) is 11.9 Å². The number of hydrogen-bond donors (Lipinski definition) is 2. The SMILES string of the molecule is CC(=O)/C=C/C(=O)O.CN1CC[C@]2(C)c3cc(O)ccc3N(C)[C@H]12. The molecular formula is C18H24N2O4. The van der Waals surface area contributed by atoms with Gasteiger partial charge in [-0.2, -0.15) is 0 Å². The maximum atomic E-state index is 10.00. The van der Waals surface area contributed by atoms with Crippen LogP contribution in [-0.2, 0) is 15.0 Å². The van der Waals surface area contributed by atoms with Gasteiger partial charge in [0.25, 0.3) is 0 Å². The number of phenolic OH excluding ortho intramolecular Hbond substituents is 1. The molecule has 2 aliphatic heterocycles. The molecule has 0 saturated carbocycles. The topological polar surface area (TPSA) is 81.1 Å². The molecule has 0 unspecified atom stereocenters. The number of allylic oxidation sites excluding steroid dienone is 1. The predicted molar refractivity (Wildman–Crippen MR) is 92.4 cm³/mol. The van der Waals surface area contributed by atoms with E-state index in [2.05, 4.69) is 30.8 Å². The molecule has 6 heteroatoms. The van der Waals surface area contributed by atoms with E-state index in [1.165, 1.54) is 18.2 Å². The Morgan fingerprint density at radius 2 is 1.96 bits per heavy atom. The molecule has 0 aliphatic carbocycles. The number of rotatable bonds is 2. The summed E-state index contributed by atoms with van der Waals surface area (Å²) in [5.74, 6) is -0.976. The summed E-state index contributed by atoms with van der Waals surface area (Å²) in [5.41, 5.74) is 2.72. The zero-order valence-electron chi connectivity index (χ0n) is 14.5. The number of nitrogens with zero attached hydrogens (tertiary/aromatic N) is 2. The van der Waals surface area contributed by atoms with Crippen LogP contribution >= 0.6 is 0 Å². The van der Waals surface area contributed by atoms with Crippen molar-refractivity contribution in [1.82, 2.24) is 4.90 Å². The van der Waals surface area contributed by atoms with Gasteiger partial charge in [0, 0.05) is 30.8 Å². The average Bonchev–Trinajstić information content (AvgIpc) is 2.92. The van der Waals surface area contributed by atoms with Gasteiger partial charge in [0.2, 0.25) is 0 Å². The van der Waals surface area contributed by atoms with Gasteiger partial charge in [-0.25, -0.2) is 4.79 Å². The Balaban J connectivity index is 0.000000224. The first kappa shape index (κ1) is 18.0. The molecule has 0 aromatic heterocycles. The van der Waals surface area contributed by atoms with Gasteiger partial charge in [-0.05, 0) is 50.2 Å². The van der Waals surface area contributed by atoms with Gasteiger partial charge in [-0.1, -0.05) is 6.92 Å². The van der Waals surface area contributed by atoms with E-state index in [0.717, 1.165) is 25.1 Å². The van der Waals surface area contributed by atoms with Crippen LogP contribution in [0, 0.1) is 0 Å².